The van der Waals surface area contributed by atoms with E-state index in [1.165, 1.54) is 19.3 Å². The van der Waals surface area contributed by atoms with Crippen molar-refractivity contribution in [3.05, 3.63) is 0 Å². The van der Waals surface area contributed by atoms with Crippen molar-refractivity contribution in [3.63, 3.8) is 0 Å². The standard InChI is InChI=1S/C10H21P/c1-9(2)7-6-8-10(3,4)11(9)5/h6-8H2,1-5H3. The number of hydrogen-bond acceptors (Lipinski definition) is 0. The van der Waals surface area contributed by atoms with Gasteiger partial charge in [0, 0.05) is 0 Å². The van der Waals surface area contributed by atoms with E-state index in [2.05, 4.69) is 34.4 Å². The Kier molecular flexibility index (Phi) is 2.36. The summed E-state index contributed by atoms with van der Waals surface area (Å²) in [6.07, 6.45) is 4.32. The second kappa shape index (κ2) is 2.73. The van der Waals surface area contributed by atoms with E-state index in [1.54, 1.807) is 0 Å². The van der Waals surface area contributed by atoms with E-state index in [-0.39, 0.29) is 7.92 Å². The molecule has 1 rings (SSSR count). The SMILES string of the molecule is CP1C(C)(C)CCCC1(C)C. The topological polar surface area (TPSA) is 0 Å². The zero-order valence-electron chi connectivity index (χ0n) is 8.57. The molecule has 0 aromatic heterocycles. The molecule has 0 N–H and O–H groups in total. The molecule has 1 heterocycles. The summed E-state index contributed by atoms with van der Waals surface area (Å²) < 4.78 is 0. The lowest BCUT2D eigenvalue weighted by Gasteiger charge is -2.48. The van der Waals surface area contributed by atoms with Crippen molar-refractivity contribution in [2.75, 3.05) is 6.66 Å². The Morgan fingerprint density at radius 1 is 0.909 bits per heavy atom. The summed E-state index contributed by atoms with van der Waals surface area (Å²) in [7, 11) is 0.222. The van der Waals surface area contributed by atoms with E-state index in [0.717, 1.165) is 0 Å². The van der Waals surface area contributed by atoms with Gasteiger partial charge in [0.05, 0.1) is 0 Å². The van der Waals surface area contributed by atoms with E-state index >= 15 is 0 Å². The normalized spacial score (nSPS) is 30.3. The molecular weight excluding hydrogens is 151 g/mol. The van der Waals surface area contributed by atoms with Gasteiger partial charge >= 0.3 is 0 Å². The molecule has 1 fully saturated rings. The maximum absolute atomic E-state index is 2.48. The van der Waals surface area contributed by atoms with Gasteiger partial charge in [-0.05, 0) is 29.8 Å². The average Bonchev–Trinajstić information content (AvgIpc) is 1.82. The summed E-state index contributed by atoms with van der Waals surface area (Å²) in [6.45, 7) is 12.3. The summed E-state index contributed by atoms with van der Waals surface area (Å²) in [6, 6.07) is 0. The molecule has 0 bridgehead atoms. The Morgan fingerprint density at radius 3 is 1.55 bits per heavy atom. The maximum Gasteiger partial charge on any atom is -0.0149 e. The highest BCUT2D eigenvalue weighted by Crippen LogP contribution is 2.63. The Hall–Kier alpha value is 0.430. The summed E-state index contributed by atoms with van der Waals surface area (Å²) >= 11 is 0. The zero-order chi connectivity index (χ0) is 8.70. The van der Waals surface area contributed by atoms with Crippen LogP contribution in [0.4, 0.5) is 0 Å². The Labute approximate surface area is 72.5 Å². The second-order valence-electron chi connectivity index (χ2n) is 5.04. The highest BCUT2D eigenvalue weighted by Gasteiger charge is 2.39. The molecule has 0 aromatic rings. The molecule has 0 aromatic carbocycles. The monoisotopic (exact) mass is 172 g/mol. The fourth-order valence-corrected chi connectivity index (χ4v) is 4.73. The van der Waals surface area contributed by atoms with Crippen molar-refractivity contribution in [2.24, 2.45) is 0 Å². The number of hydrogen-bond donors (Lipinski definition) is 0. The van der Waals surface area contributed by atoms with Crippen molar-refractivity contribution < 1.29 is 0 Å². The summed E-state index contributed by atoms with van der Waals surface area (Å²) in [5.74, 6) is 0. The Bertz CT molecular complexity index is 131. The van der Waals surface area contributed by atoms with Crippen LogP contribution in [0.3, 0.4) is 0 Å². The fraction of sp³-hybridized carbons (Fsp3) is 1.00. The van der Waals surface area contributed by atoms with Gasteiger partial charge in [0.25, 0.3) is 0 Å². The molecular formula is C10H21P. The molecule has 1 heteroatoms. The second-order valence-corrected chi connectivity index (χ2v) is 8.58. The first-order valence-electron chi connectivity index (χ1n) is 4.60. The quantitative estimate of drug-likeness (QED) is 0.487. The predicted molar refractivity (Wildman–Crippen MR) is 54.9 cm³/mol. The molecule has 66 valence electrons. The minimum absolute atomic E-state index is 0.222. The lowest BCUT2D eigenvalue weighted by Crippen LogP contribution is -2.34. The van der Waals surface area contributed by atoms with E-state index in [1.807, 2.05) is 0 Å². The minimum atomic E-state index is 0.222. The van der Waals surface area contributed by atoms with Gasteiger partial charge in [-0.1, -0.05) is 42.0 Å². The molecule has 0 amide bonds. The molecule has 0 unspecified atom stereocenters. The van der Waals surface area contributed by atoms with Gasteiger partial charge in [-0.25, -0.2) is 0 Å². The van der Waals surface area contributed by atoms with Gasteiger partial charge in [-0.15, -0.1) is 0 Å². The van der Waals surface area contributed by atoms with Gasteiger partial charge < -0.3 is 0 Å². The molecule has 1 aliphatic rings. The number of rotatable bonds is 0. The zero-order valence-corrected chi connectivity index (χ0v) is 9.46. The van der Waals surface area contributed by atoms with E-state index in [0.29, 0.717) is 10.3 Å². The molecule has 0 atom stereocenters. The Balaban J connectivity index is 2.76. The first-order chi connectivity index (χ1) is 4.86. The molecule has 0 nitrogen and oxygen atoms in total. The van der Waals surface area contributed by atoms with Gasteiger partial charge in [-0.2, -0.15) is 0 Å². The van der Waals surface area contributed by atoms with Gasteiger partial charge in [0.15, 0.2) is 0 Å². The van der Waals surface area contributed by atoms with Crippen molar-refractivity contribution in [1.82, 2.24) is 0 Å². The lowest BCUT2D eigenvalue weighted by molar-refractivity contribution is 0.468. The van der Waals surface area contributed by atoms with E-state index in [9.17, 15) is 0 Å². The van der Waals surface area contributed by atoms with E-state index in [4.69, 9.17) is 0 Å². The fourth-order valence-electron chi connectivity index (χ4n) is 2.11. The first kappa shape index (κ1) is 9.52. The molecule has 0 saturated carbocycles. The lowest BCUT2D eigenvalue weighted by atomic mass is 9.98. The first-order valence-corrected chi connectivity index (χ1v) is 6.39. The molecule has 0 aliphatic carbocycles. The Morgan fingerprint density at radius 2 is 1.27 bits per heavy atom. The highest BCUT2D eigenvalue weighted by molar-refractivity contribution is 7.60. The molecule has 0 spiro atoms. The average molecular weight is 172 g/mol. The van der Waals surface area contributed by atoms with Crippen LogP contribution in [-0.4, -0.2) is 17.0 Å². The van der Waals surface area contributed by atoms with Crippen molar-refractivity contribution >= 4 is 7.92 Å². The third-order valence-corrected chi connectivity index (χ3v) is 7.47. The van der Waals surface area contributed by atoms with Gasteiger partial charge in [0.2, 0.25) is 0 Å². The van der Waals surface area contributed by atoms with Crippen LogP contribution >= 0.6 is 7.92 Å². The van der Waals surface area contributed by atoms with E-state index < -0.39 is 0 Å². The maximum atomic E-state index is 2.48. The van der Waals surface area contributed by atoms with Crippen LogP contribution in [0.1, 0.15) is 47.0 Å². The van der Waals surface area contributed by atoms with Gasteiger partial charge in [-0.3, -0.25) is 0 Å². The molecule has 0 radical (unpaired) electrons. The molecule has 1 saturated heterocycles. The van der Waals surface area contributed by atoms with Crippen LogP contribution in [0.25, 0.3) is 0 Å². The molecule has 1 aliphatic heterocycles. The summed E-state index contributed by atoms with van der Waals surface area (Å²) in [5.41, 5.74) is 0. The predicted octanol–water partition coefficient (Wildman–Crippen LogP) is 3.84. The van der Waals surface area contributed by atoms with Crippen molar-refractivity contribution in [1.29, 1.82) is 0 Å². The largest absolute Gasteiger partial charge is 0.0983 e. The summed E-state index contributed by atoms with van der Waals surface area (Å²) in [4.78, 5) is 0. The van der Waals surface area contributed by atoms with Crippen molar-refractivity contribution in [3.8, 4) is 0 Å². The van der Waals surface area contributed by atoms with Crippen LogP contribution in [0, 0.1) is 0 Å². The molecule has 11 heavy (non-hydrogen) atoms. The highest BCUT2D eigenvalue weighted by atomic mass is 31.1. The third-order valence-electron chi connectivity index (χ3n) is 3.39. The smallest absolute Gasteiger partial charge is 0.0149 e. The van der Waals surface area contributed by atoms with Crippen molar-refractivity contribution in [2.45, 2.75) is 57.3 Å². The van der Waals surface area contributed by atoms with Gasteiger partial charge in [0.1, 0.15) is 0 Å². The van der Waals surface area contributed by atoms with Crippen LogP contribution in [0.15, 0.2) is 0 Å². The minimum Gasteiger partial charge on any atom is -0.0983 e. The van der Waals surface area contributed by atoms with Crippen LogP contribution in [-0.2, 0) is 0 Å². The van der Waals surface area contributed by atoms with Crippen LogP contribution in [0.5, 0.6) is 0 Å². The third kappa shape index (κ3) is 1.78. The van der Waals surface area contributed by atoms with Crippen LogP contribution < -0.4 is 0 Å². The summed E-state index contributed by atoms with van der Waals surface area (Å²) in [5, 5.41) is 1.27. The van der Waals surface area contributed by atoms with Crippen LogP contribution in [0.2, 0.25) is 0 Å².